The summed E-state index contributed by atoms with van der Waals surface area (Å²) in [4.78, 5) is 0. The van der Waals surface area contributed by atoms with E-state index in [0.717, 1.165) is 16.7 Å². The van der Waals surface area contributed by atoms with Gasteiger partial charge in [0.25, 0.3) is 0 Å². The fourth-order valence-corrected chi connectivity index (χ4v) is 2.60. The number of benzene rings is 2. The van der Waals surface area contributed by atoms with Gasteiger partial charge in [-0.15, -0.1) is 0 Å². The van der Waals surface area contributed by atoms with Gasteiger partial charge in [0.2, 0.25) is 10.4 Å². The Hall–Kier alpha value is -1.34. The van der Waals surface area contributed by atoms with Crippen LogP contribution in [0.5, 0.6) is 0 Å². The molecule has 0 fully saturated rings. The Morgan fingerprint density at radius 3 is 2.37 bits per heavy atom. The molecular weight excluding hydrogens is 284 g/mol. The maximum absolute atomic E-state index is 10.3. The van der Waals surface area contributed by atoms with Crippen molar-refractivity contribution in [3.63, 3.8) is 0 Å². The molecule has 0 aliphatic carbocycles. The molecule has 0 amide bonds. The molecule has 19 heavy (non-hydrogen) atoms. The Balaban J connectivity index is 2.08. The molecule has 0 N–H and O–H groups in total. The summed E-state index contributed by atoms with van der Waals surface area (Å²) in [6.07, 6.45) is 0. The van der Waals surface area contributed by atoms with Crippen LogP contribution in [0, 0.1) is 0 Å². The van der Waals surface area contributed by atoms with Crippen molar-refractivity contribution in [2.75, 3.05) is 0 Å². The molecule has 0 heterocycles. The number of rotatable bonds is 5. The normalized spacial score (nSPS) is 11.4. The summed E-state index contributed by atoms with van der Waals surface area (Å²) in [6.45, 7) is 0. The highest BCUT2D eigenvalue weighted by molar-refractivity contribution is 8.02. The van der Waals surface area contributed by atoms with Gasteiger partial charge in [0.05, 0.1) is 0 Å². The lowest BCUT2D eigenvalue weighted by Crippen LogP contribution is -1.97. The topological polar surface area (TPSA) is 66.4 Å². The average molecular weight is 295 g/mol. The van der Waals surface area contributed by atoms with E-state index in [-0.39, 0.29) is 0 Å². The quantitative estimate of drug-likeness (QED) is 0.482. The highest BCUT2D eigenvalue weighted by Crippen LogP contribution is 2.22. The van der Waals surface area contributed by atoms with Crippen LogP contribution in [-0.4, -0.2) is 13.0 Å². The van der Waals surface area contributed by atoms with Crippen LogP contribution in [-0.2, 0) is 19.8 Å². The Morgan fingerprint density at radius 1 is 1.00 bits per heavy atom. The summed E-state index contributed by atoms with van der Waals surface area (Å²) < 4.78 is 35.0. The molecule has 0 saturated carbocycles. The molecule has 0 spiro atoms. The number of hydrogen-bond donors (Lipinski definition) is 0. The second kappa shape index (κ2) is 6.21. The lowest BCUT2D eigenvalue weighted by molar-refractivity contribution is 0.391. The molecule has 100 valence electrons. The van der Waals surface area contributed by atoms with Crippen LogP contribution >= 0.6 is 12.0 Å². The maximum Gasteiger partial charge on any atom is 0.228 e. The first kappa shape index (κ1) is 14.1. The predicted octanol–water partition coefficient (Wildman–Crippen LogP) is 2.98. The van der Waals surface area contributed by atoms with Crippen LogP contribution in [0.15, 0.2) is 54.6 Å². The molecule has 0 atom stereocenters. The Morgan fingerprint density at radius 2 is 1.68 bits per heavy atom. The second-order valence-corrected chi connectivity index (χ2v) is 5.69. The zero-order valence-electron chi connectivity index (χ0n) is 9.85. The van der Waals surface area contributed by atoms with Gasteiger partial charge in [-0.05, 0) is 16.7 Å². The fourth-order valence-electron chi connectivity index (χ4n) is 1.62. The summed E-state index contributed by atoms with van der Waals surface area (Å²) >= 11 is 0.617. The first-order valence-corrected chi connectivity index (χ1v) is 7.70. The zero-order valence-corrected chi connectivity index (χ0v) is 11.5. The molecule has 4 nitrogen and oxygen atoms in total. The molecule has 0 radical (unpaired) electrons. The minimum absolute atomic E-state index is 0.294. The third-order valence-corrected chi connectivity index (χ3v) is 3.89. The van der Waals surface area contributed by atoms with Crippen LogP contribution in [0.4, 0.5) is 0 Å². The summed E-state index contributed by atoms with van der Waals surface area (Å²) in [6, 6.07) is 17.4. The molecule has 0 bridgehead atoms. The minimum Gasteiger partial charge on any atom is -0.725 e. The van der Waals surface area contributed by atoms with Crippen molar-refractivity contribution < 1.29 is 16.6 Å². The molecule has 6 heteroatoms. The van der Waals surface area contributed by atoms with Gasteiger partial charge in [0.15, 0.2) is 0 Å². The SMILES string of the molecule is O=S(=O)([O-])OSCc1cccc(-c2ccccc2)c1. The zero-order chi connectivity index (χ0) is 13.7. The lowest BCUT2D eigenvalue weighted by atomic mass is 10.0. The maximum atomic E-state index is 10.3. The van der Waals surface area contributed by atoms with Gasteiger partial charge in [-0.3, -0.25) is 0 Å². The molecule has 0 aromatic heterocycles. The Labute approximate surface area is 116 Å². The molecule has 0 saturated heterocycles. The van der Waals surface area contributed by atoms with Gasteiger partial charge < -0.3 is 4.55 Å². The van der Waals surface area contributed by atoms with E-state index in [1.807, 2.05) is 54.6 Å². The highest BCUT2D eigenvalue weighted by Gasteiger charge is 2.01. The molecule has 0 unspecified atom stereocenters. The van der Waals surface area contributed by atoms with E-state index in [2.05, 4.69) is 3.63 Å². The largest absolute Gasteiger partial charge is 0.725 e. The molecule has 0 aliphatic heterocycles. The molecule has 2 aromatic rings. The Kier molecular flexibility index (Phi) is 4.60. The summed E-state index contributed by atoms with van der Waals surface area (Å²) in [7, 11) is -4.64. The van der Waals surface area contributed by atoms with Crippen molar-refractivity contribution in [2.24, 2.45) is 0 Å². The van der Waals surface area contributed by atoms with Crippen LogP contribution in [0.1, 0.15) is 5.56 Å². The smallest absolute Gasteiger partial charge is 0.228 e. The first-order chi connectivity index (χ1) is 9.04. The third kappa shape index (κ3) is 4.68. The Bertz CT molecular complexity index is 639. The average Bonchev–Trinajstić information content (AvgIpc) is 2.39. The lowest BCUT2D eigenvalue weighted by Gasteiger charge is -2.07. The summed E-state index contributed by atoms with van der Waals surface area (Å²) in [5.41, 5.74) is 2.99. The van der Waals surface area contributed by atoms with Crippen LogP contribution in [0.25, 0.3) is 11.1 Å². The van der Waals surface area contributed by atoms with E-state index in [4.69, 9.17) is 0 Å². The first-order valence-electron chi connectivity index (χ1n) is 5.46. The van der Waals surface area contributed by atoms with Gasteiger partial charge >= 0.3 is 0 Å². The standard InChI is InChI=1S/C13H12O4S2/c14-19(15,16)17-18-10-11-5-4-8-13(9-11)12-6-2-1-3-7-12/h1-9H,10H2,(H,14,15,16)/p-1. The van der Waals surface area contributed by atoms with Gasteiger partial charge in [-0.2, -0.15) is 0 Å². The van der Waals surface area contributed by atoms with Crippen molar-refractivity contribution in [3.8, 4) is 11.1 Å². The van der Waals surface area contributed by atoms with Crippen LogP contribution in [0.2, 0.25) is 0 Å². The van der Waals surface area contributed by atoms with Crippen molar-refractivity contribution in [1.82, 2.24) is 0 Å². The molecular formula is C13H11O4S2-. The van der Waals surface area contributed by atoms with Crippen LogP contribution < -0.4 is 0 Å². The summed E-state index contributed by atoms with van der Waals surface area (Å²) in [5.74, 6) is 0.294. The number of hydrogen-bond acceptors (Lipinski definition) is 5. The van der Waals surface area contributed by atoms with Crippen molar-refractivity contribution in [1.29, 1.82) is 0 Å². The highest BCUT2D eigenvalue weighted by atomic mass is 32.3. The van der Waals surface area contributed by atoms with Gasteiger partial charge in [-0.1, -0.05) is 54.6 Å². The molecule has 2 aromatic carbocycles. The van der Waals surface area contributed by atoms with E-state index in [1.54, 1.807) is 0 Å². The monoisotopic (exact) mass is 295 g/mol. The fraction of sp³-hybridized carbons (Fsp3) is 0.0769. The van der Waals surface area contributed by atoms with E-state index >= 15 is 0 Å². The van der Waals surface area contributed by atoms with Gasteiger partial charge in [0, 0.05) is 17.8 Å². The van der Waals surface area contributed by atoms with E-state index in [0.29, 0.717) is 17.8 Å². The minimum atomic E-state index is -4.64. The van der Waals surface area contributed by atoms with Crippen molar-refractivity contribution in [2.45, 2.75) is 5.75 Å². The van der Waals surface area contributed by atoms with Gasteiger partial charge in [-0.25, -0.2) is 12.0 Å². The van der Waals surface area contributed by atoms with E-state index in [1.165, 1.54) is 0 Å². The predicted molar refractivity (Wildman–Crippen MR) is 74.0 cm³/mol. The molecule has 2 rings (SSSR count). The van der Waals surface area contributed by atoms with Gasteiger partial charge in [0.1, 0.15) is 0 Å². The van der Waals surface area contributed by atoms with E-state index < -0.39 is 10.4 Å². The van der Waals surface area contributed by atoms with Crippen molar-refractivity contribution in [3.05, 3.63) is 60.2 Å². The molecule has 0 aliphatic rings. The van der Waals surface area contributed by atoms with E-state index in [9.17, 15) is 13.0 Å². The third-order valence-electron chi connectivity index (χ3n) is 2.39. The van der Waals surface area contributed by atoms with Crippen LogP contribution in [0.3, 0.4) is 0 Å². The second-order valence-electron chi connectivity index (χ2n) is 3.80. The van der Waals surface area contributed by atoms with Crippen molar-refractivity contribution >= 4 is 22.4 Å². The summed E-state index contributed by atoms with van der Waals surface area (Å²) in [5, 5.41) is 0.